The Hall–Kier alpha value is -4.54. The van der Waals surface area contributed by atoms with Crippen LogP contribution in [0, 0.1) is 11.7 Å². The highest BCUT2D eigenvalue weighted by Gasteiger charge is 2.27. The van der Waals surface area contributed by atoms with E-state index in [-0.39, 0.29) is 29.2 Å². The lowest BCUT2D eigenvalue weighted by atomic mass is 9.88. The van der Waals surface area contributed by atoms with Crippen LogP contribution in [-0.4, -0.2) is 72.1 Å². The van der Waals surface area contributed by atoms with Crippen LogP contribution in [0.2, 0.25) is 0 Å². The lowest BCUT2D eigenvalue weighted by Crippen LogP contribution is -2.47. The van der Waals surface area contributed by atoms with Gasteiger partial charge in [-0.2, -0.15) is 0 Å². The fourth-order valence-corrected chi connectivity index (χ4v) is 8.14. The molecule has 0 saturated carbocycles. The summed E-state index contributed by atoms with van der Waals surface area (Å²) < 4.78 is 23.1. The van der Waals surface area contributed by atoms with E-state index in [0.717, 1.165) is 75.0 Å². The molecule has 10 heteroatoms. The summed E-state index contributed by atoms with van der Waals surface area (Å²) in [5, 5.41) is 7.08. The third-order valence-electron chi connectivity index (χ3n) is 11.3. The fourth-order valence-electron chi connectivity index (χ4n) is 8.14. The molecule has 4 aromatic rings. The molecule has 2 amide bonds. The zero-order chi connectivity index (χ0) is 35.5. The number of halogens is 1. The average Bonchev–Trinajstić information content (AvgIpc) is 3.15. The molecular weight excluding hydrogens is 645 g/mol. The number of benzene rings is 3. The monoisotopic (exact) mass is 693 g/mol. The maximum absolute atomic E-state index is 15.8. The maximum atomic E-state index is 15.8. The highest BCUT2D eigenvalue weighted by Crippen LogP contribution is 2.35. The number of methoxy groups -OCH3 is 1. The molecule has 4 heterocycles. The maximum Gasteiger partial charge on any atom is 0.258 e. The van der Waals surface area contributed by atoms with Gasteiger partial charge in [0.05, 0.1) is 7.11 Å². The van der Waals surface area contributed by atoms with E-state index in [9.17, 15) is 14.4 Å². The van der Waals surface area contributed by atoms with Crippen LogP contribution in [0.5, 0.6) is 5.75 Å². The molecule has 0 aliphatic carbocycles. The van der Waals surface area contributed by atoms with Crippen LogP contribution in [0.15, 0.2) is 71.7 Å². The van der Waals surface area contributed by atoms with Crippen molar-refractivity contribution >= 4 is 28.3 Å². The third-order valence-corrected chi connectivity index (χ3v) is 11.3. The number of imide groups is 1. The van der Waals surface area contributed by atoms with Gasteiger partial charge in [0, 0.05) is 48.4 Å². The Labute approximate surface area is 298 Å². The number of hydrogen-bond donors (Lipinski definition) is 2. The molecule has 3 saturated heterocycles. The topological polar surface area (TPSA) is 95.9 Å². The average molecular weight is 694 g/mol. The normalized spacial score (nSPS) is 19.7. The van der Waals surface area contributed by atoms with Crippen LogP contribution in [0.4, 0.5) is 10.1 Å². The van der Waals surface area contributed by atoms with Crippen molar-refractivity contribution in [3.05, 3.63) is 94.2 Å². The summed E-state index contributed by atoms with van der Waals surface area (Å²) in [4.78, 5) is 41.2. The smallest absolute Gasteiger partial charge is 0.258 e. The summed E-state index contributed by atoms with van der Waals surface area (Å²) in [7, 11) is 3.32. The Morgan fingerprint density at radius 3 is 2.29 bits per heavy atom. The number of amides is 2. The first-order valence-electron chi connectivity index (χ1n) is 18.4. The highest BCUT2D eigenvalue weighted by atomic mass is 19.1. The van der Waals surface area contributed by atoms with Gasteiger partial charge >= 0.3 is 0 Å². The van der Waals surface area contributed by atoms with Gasteiger partial charge in [0.1, 0.15) is 17.6 Å². The van der Waals surface area contributed by atoms with Crippen molar-refractivity contribution in [2.45, 2.75) is 63.5 Å². The summed E-state index contributed by atoms with van der Waals surface area (Å²) in [6, 6.07) is 19.0. The van der Waals surface area contributed by atoms with Gasteiger partial charge in [0.25, 0.3) is 5.56 Å². The first-order chi connectivity index (χ1) is 24.7. The molecule has 2 N–H and O–H groups in total. The van der Waals surface area contributed by atoms with Crippen molar-refractivity contribution < 1.29 is 18.7 Å². The van der Waals surface area contributed by atoms with Crippen LogP contribution in [0.3, 0.4) is 0 Å². The zero-order valence-electron chi connectivity index (χ0n) is 29.6. The number of anilines is 1. The number of likely N-dealkylation sites (tertiary alicyclic amines) is 2. The molecule has 1 unspecified atom stereocenters. The van der Waals surface area contributed by atoms with E-state index in [0.29, 0.717) is 53.5 Å². The van der Waals surface area contributed by atoms with Gasteiger partial charge in [-0.25, -0.2) is 4.39 Å². The first kappa shape index (κ1) is 34.9. The number of carbonyl (C=O) groups is 2. The van der Waals surface area contributed by atoms with Crippen LogP contribution < -0.4 is 20.9 Å². The number of rotatable bonds is 10. The molecule has 0 bridgehead atoms. The van der Waals surface area contributed by atoms with Gasteiger partial charge in [-0.1, -0.05) is 30.3 Å². The molecule has 0 radical (unpaired) electrons. The molecule has 3 aliphatic heterocycles. The van der Waals surface area contributed by atoms with E-state index >= 15 is 4.39 Å². The molecule has 1 atom stereocenters. The summed E-state index contributed by atoms with van der Waals surface area (Å²) in [5.74, 6) is 1.02. The number of nitrogens with one attached hydrogen (secondary N) is 2. The van der Waals surface area contributed by atoms with Crippen LogP contribution in [0.1, 0.15) is 62.0 Å². The Morgan fingerprint density at radius 2 is 1.59 bits per heavy atom. The predicted molar refractivity (Wildman–Crippen MR) is 198 cm³/mol. The molecule has 0 spiro atoms. The third kappa shape index (κ3) is 7.87. The minimum atomic E-state index is -0.366. The van der Waals surface area contributed by atoms with Crippen molar-refractivity contribution in [1.29, 1.82) is 0 Å². The largest absolute Gasteiger partial charge is 0.496 e. The van der Waals surface area contributed by atoms with Crippen molar-refractivity contribution in [3.8, 4) is 16.9 Å². The number of piperidine rings is 3. The number of ether oxygens (including phenoxy) is 1. The van der Waals surface area contributed by atoms with E-state index < -0.39 is 0 Å². The molecule has 1 aromatic heterocycles. The number of carbonyl (C=O) groups excluding carboxylic acids is 2. The van der Waals surface area contributed by atoms with Gasteiger partial charge in [0.2, 0.25) is 11.8 Å². The molecule has 268 valence electrons. The second-order valence-corrected chi connectivity index (χ2v) is 14.5. The van der Waals surface area contributed by atoms with Crippen molar-refractivity contribution in [2.24, 2.45) is 13.0 Å². The quantitative estimate of drug-likeness (QED) is 0.195. The van der Waals surface area contributed by atoms with E-state index in [1.807, 2.05) is 30.3 Å². The molecule has 3 aromatic carbocycles. The number of pyridine rings is 1. The van der Waals surface area contributed by atoms with Gasteiger partial charge in [0.15, 0.2) is 0 Å². The minimum Gasteiger partial charge on any atom is -0.496 e. The van der Waals surface area contributed by atoms with Crippen molar-refractivity contribution in [2.75, 3.05) is 45.2 Å². The summed E-state index contributed by atoms with van der Waals surface area (Å²) >= 11 is 0. The molecule has 51 heavy (non-hydrogen) atoms. The Balaban J connectivity index is 0.873. The Kier molecular flexibility index (Phi) is 10.5. The lowest BCUT2D eigenvalue weighted by molar-refractivity contribution is -0.133. The lowest BCUT2D eigenvalue weighted by Gasteiger charge is -2.35. The molecule has 3 fully saturated rings. The van der Waals surface area contributed by atoms with Crippen molar-refractivity contribution in [3.63, 3.8) is 0 Å². The number of aryl methyl sites for hydroxylation is 1. The zero-order valence-corrected chi connectivity index (χ0v) is 29.6. The SMILES string of the molecule is COc1cc(-c2cn(C)c(=O)c3ccccc23)cc(F)c1CN1CCC(CCN2CCC(c3ccc(NC4CCC(=O)NC4=O)cc3)CC2)CC1. The number of fused-ring (bicyclic) bond motifs is 1. The van der Waals surface area contributed by atoms with Gasteiger partial charge in [-0.3, -0.25) is 24.6 Å². The van der Waals surface area contributed by atoms with Gasteiger partial charge < -0.3 is 19.5 Å². The second kappa shape index (κ2) is 15.4. The number of nitrogens with zero attached hydrogens (tertiary/aromatic N) is 3. The Bertz CT molecular complexity index is 1940. The van der Waals surface area contributed by atoms with E-state index in [1.54, 1.807) is 31.0 Å². The number of aromatic nitrogens is 1. The summed E-state index contributed by atoms with van der Waals surface area (Å²) in [6.45, 7) is 5.72. The van der Waals surface area contributed by atoms with E-state index in [2.05, 4.69) is 44.7 Å². The minimum absolute atomic E-state index is 0.0753. The van der Waals surface area contributed by atoms with Gasteiger partial charge in [-0.15, -0.1) is 0 Å². The summed E-state index contributed by atoms with van der Waals surface area (Å²) in [5.41, 5.74) is 4.26. The Morgan fingerprint density at radius 1 is 0.882 bits per heavy atom. The standard InChI is InChI=1S/C41H48FN5O4/c1-45-25-34(32-5-3-4-6-33(32)41(45)50)30-23-36(42)35(38(24-30)51-2)26-47-19-14-27(15-20-47)13-18-46-21-16-29(17-22-46)28-7-9-31(10-8-28)43-37-11-12-39(48)44-40(37)49/h3-10,23-25,27,29,37,43H,11-22,26H2,1-2H3,(H,44,48,49). The molecule has 9 nitrogen and oxygen atoms in total. The molecular formula is C41H48FN5O4. The number of hydrogen-bond acceptors (Lipinski definition) is 7. The molecule has 7 rings (SSSR count). The second-order valence-electron chi connectivity index (χ2n) is 14.5. The van der Waals surface area contributed by atoms with Crippen LogP contribution in [0.25, 0.3) is 21.9 Å². The predicted octanol–water partition coefficient (Wildman–Crippen LogP) is 6.05. The van der Waals surface area contributed by atoms with Crippen molar-refractivity contribution in [1.82, 2.24) is 19.7 Å². The summed E-state index contributed by atoms with van der Waals surface area (Å²) in [6.07, 6.45) is 8.37. The van der Waals surface area contributed by atoms with Crippen LogP contribution >= 0.6 is 0 Å². The van der Waals surface area contributed by atoms with E-state index in [4.69, 9.17) is 4.74 Å². The van der Waals surface area contributed by atoms with E-state index in [1.165, 1.54) is 12.0 Å². The fraction of sp³-hybridized carbons (Fsp3) is 0.439. The first-order valence-corrected chi connectivity index (χ1v) is 18.4. The van der Waals surface area contributed by atoms with Gasteiger partial charge in [-0.05, 0) is 130 Å². The molecule has 3 aliphatic rings. The highest BCUT2D eigenvalue weighted by molar-refractivity contribution is 6.01. The van der Waals surface area contributed by atoms with Crippen LogP contribution in [-0.2, 0) is 23.2 Å².